The fourth-order valence-electron chi connectivity index (χ4n) is 17.6. The Morgan fingerprint density at radius 2 is 1.14 bits per heavy atom. The highest BCUT2D eigenvalue weighted by Crippen LogP contribution is 2.71. The molecule has 26 nitrogen and oxygen atoms in total. The second-order valence-corrected chi connectivity index (χ2v) is 28.5. The molecule has 2 unspecified atom stereocenters. The van der Waals surface area contributed by atoms with Crippen LogP contribution in [0.2, 0.25) is 0 Å². The maximum absolute atomic E-state index is 14.0. The fourth-order valence-corrected chi connectivity index (χ4v) is 17.6. The van der Waals surface area contributed by atoms with E-state index in [1.807, 2.05) is 50.3 Å². The Hall–Kier alpha value is -4.02. The lowest BCUT2D eigenvalue weighted by Gasteiger charge is -2.67. The Balaban J connectivity index is 0.698. The van der Waals surface area contributed by atoms with Crippen molar-refractivity contribution in [3.63, 3.8) is 0 Å². The van der Waals surface area contributed by atoms with E-state index in [4.69, 9.17) is 75.8 Å². The summed E-state index contributed by atoms with van der Waals surface area (Å²) in [5.41, 5.74) is -6.11. The molecule has 26 heteroatoms. The Morgan fingerprint density at radius 1 is 0.608 bits per heavy atom. The van der Waals surface area contributed by atoms with Gasteiger partial charge in [-0.15, -0.1) is 0 Å². The number of hydrogen-bond acceptors (Lipinski definition) is 26. The van der Waals surface area contributed by atoms with E-state index in [-0.39, 0.29) is 50.2 Å². The topological polar surface area (TPSA) is 344 Å². The van der Waals surface area contributed by atoms with Crippen molar-refractivity contribution < 1.29 is 126 Å². The van der Waals surface area contributed by atoms with Crippen LogP contribution >= 0.6 is 0 Å². The smallest absolute Gasteiger partial charge is 0.338 e. The highest BCUT2D eigenvalue weighted by molar-refractivity contribution is 5.89. The molecule has 5 heterocycles. The molecule has 97 heavy (non-hydrogen) atoms. The summed E-state index contributed by atoms with van der Waals surface area (Å²) in [5.74, 6) is -1.99. The first-order valence-electron chi connectivity index (χ1n) is 34.2. The maximum Gasteiger partial charge on any atom is 0.338 e. The number of carbonyl (C=O) groups excluding carboxylic acids is 2. The van der Waals surface area contributed by atoms with Gasteiger partial charge in [-0.2, -0.15) is 0 Å². The molecule has 8 fully saturated rings. The van der Waals surface area contributed by atoms with Crippen molar-refractivity contribution >= 4 is 18.0 Å². The van der Waals surface area contributed by atoms with E-state index in [1.165, 1.54) is 20.3 Å². The molecule has 8 N–H and O–H groups in total. The summed E-state index contributed by atoms with van der Waals surface area (Å²) in [4.78, 5) is 27.6. The molecule has 2 aromatic carbocycles. The van der Waals surface area contributed by atoms with Crippen molar-refractivity contribution in [2.75, 3.05) is 35.0 Å². The Bertz CT molecular complexity index is 3020. The second-order valence-electron chi connectivity index (χ2n) is 28.5. The van der Waals surface area contributed by atoms with Gasteiger partial charge in [0.25, 0.3) is 0 Å². The second kappa shape index (κ2) is 30.1. The van der Waals surface area contributed by atoms with Gasteiger partial charge in [0.1, 0.15) is 90.1 Å². The SMILES string of the molecule is CO[C@H]1[C@@H](O)[C@H](O[C@@H]2[C@@H](C)O[C@@H](O[C@@H]3[C@@H](C)O[C@@H](O[C@H]4[C@@H](OC)C[C@H](O[C@H]5CC[C@@]6(C)C(=CC[C@]7(O)[C@@H]6CC(OC(=O)/C=C/c6ccccc6)[C@@]6(C)[C@]7(O)CC[C@]6(O)C(C)OC(=O)c6ccccc6)C5)O[C@@H]4C)C[C@H]3OC)C[C@H]2OC)O[C@H](C)[C@H]1O[C@@H]1O[C@H](CO)[C@@H](O)[C@H](O)[C@H]1O. The first-order valence-corrected chi connectivity index (χ1v) is 34.2. The van der Waals surface area contributed by atoms with Gasteiger partial charge < -0.3 is 117 Å². The Morgan fingerprint density at radius 3 is 1.71 bits per heavy atom. The zero-order valence-corrected chi connectivity index (χ0v) is 57.2. The number of fused-ring (bicyclic) bond motifs is 5. The van der Waals surface area contributed by atoms with E-state index in [0.717, 1.165) is 11.1 Å². The van der Waals surface area contributed by atoms with Gasteiger partial charge >= 0.3 is 11.9 Å². The Labute approximate surface area is 566 Å². The van der Waals surface area contributed by atoms with Crippen molar-refractivity contribution in [3.8, 4) is 0 Å². The van der Waals surface area contributed by atoms with Crippen LogP contribution in [0, 0.1) is 16.7 Å². The molecule has 0 spiro atoms. The highest BCUT2D eigenvalue weighted by Gasteiger charge is 2.82. The molecule has 0 amide bonds. The molecule has 0 aromatic heterocycles. The van der Waals surface area contributed by atoms with E-state index in [9.17, 15) is 50.4 Å². The van der Waals surface area contributed by atoms with Crippen molar-refractivity contribution in [1.29, 1.82) is 0 Å². The quantitative estimate of drug-likeness (QED) is 0.0502. The molecular weight excluding hydrogens is 1270 g/mol. The predicted octanol–water partition coefficient (Wildman–Crippen LogP) is 3.69. The van der Waals surface area contributed by atoms with E-state index in [2.05, 4.69) is 6.92 Å². The monoisotopic (exact) mass is 1370 g/mol. The molecule has 3 saturated carbocycles. The lowest BCUT2D eigenvalue weighted by molar-refractivity contribution is -0.374. The summed E-state index contributed by atoms with van der Waals surface area (Å²) >= 11 is 0. The van der Waals surface area contributed by atoms with Gasteiger partial charge in [0, 0.05) is 59.7 Å². The van der Waals surface area contributed by atoms with Gasteiger partial charge in [-0.25, -0.2) is 9.59 Å². The summed E-state index contributed by atoms with van der Waals surface area (Å²) in [6, 6.07) is 17.7. The molecular formula is C71H102O26. The van der Waals surface area contributed by atoms with Crippen LogP contribution < -0.4 is 0 Å². The van der Waals surface area contributed by atoms with Crippen LogP contribution in [0.25, 0.3) is 6.08 Å². The average molecular weight is 1370 g/mol. The minimum absolute atomic E-state index is 0.0466. The van der Waals surface area contributed by atoms with Crippen LogP contribution in [0.4, 0.5) is 0 Å². The number of benzene rings is 2. The van der Waals surface area contributed by atoms with Crippen molar-refractivity contribution in [3.05, 3.63) is 89.5 Å². The van der Waals surface area contributed by atoms with Crippen molar-refractivity contribution in [1.82, 2.24) is 0 Å². The summed E-state index contributed by atoms with van der Waals surface area (Å²) in [6.45, 7) is 11.9. The largest absolute Gasteiger partial charge is 0.458 e. The molecule has 11 rings (SSSR count). The molecule has 542 valence electrons. The lowest BCUT2D eigenvalue weighted by Crippen LogP contribution is -2.78. The molecule has 31 atom stereocenters. The van der Waals surface area contributed by atoms with Gasteiger partial charge in [0.15, 0.2) is 31.5 Å². The van der Waals surface area contributed by atoms with E-state index in [1.54, 1.807) is 78.3 Å². The minimum atomic E-state index is -2.02. The number of aliphatic hydroxyl groups excluding tert-OH is 5. The third kappa shape index (κ3) is 14.0. The number of methoxy groups -OCH3 is 4. The predicted molar refractivity (Wildman–Crippen MR) is 340 cm³/mol. The van der Waals surface area contributed by atoms with Gasteiger partial charge in [0.05, 0.1) is 66.4 Å². The maximum atomic E-state index is 14.0. The van der Waals surface area contributed by atoms with Crippen molar-refractivity contribution in [2.24, 2.45) is 16.7 Å². The Kier molecular flexibility index (Phi) is 23.0. The zero-order chi connectivity index (χ0) is 69.7. The first kappa shape index (κ1) is 74.2. The number of ether oxygens (including phenoxy) is 16. The van der Waals surface area contributed by atoms with Gasteiger partial charge in [0.2, 0.25) is 0 Å². The molecule has 4 aliphatic carbocycles. The average Bonchev–Trinajstić information content (AvgIpc) is 1.58. The van der Waals surface area contributed by atoms with Crippen LogP contribution in [-0.4, -0.2) is 258 Å². The fraction of sp³-hybridized carbons (Fsp3) is 0.746. The summed E-state index contributed by atoms with van der Waals surface area (Å²) in [7, 11) is 6.10. The van der Waals surface area contributed by atoms with Crippen LogP contribution in [0.15, 0.2) is 78.4 Å². The number of rotatable bonds is 21. The summed E-state index contributed by atoms with van der Waals surface area (Å²) in [6.07, 6.45) is -16.1. The third-order valence-electron chi connectivity index (χ3n) is 23.2. The molecule has 2 aromatic rings. The van der Waals surface area contributed by atoms with Crippen LogP contribution in [-0.2, 0) is 80.6 Å². The minimum Gasteiger partial charge on any atom is -0.458 e. The van der Waals surface area contributed by atoms with Gasteiger partial charge in [-0.05, 0) is 109 Å². The molecule has 0 radical (unpaired) electrons. The summed E-state index contributed by atoms with van der Waals surface area (Å²) < 4.78 is 100. The number of carbonyl (C=O) groups is 2. The van der Waals surface area contributed by atoms with E-state index < -0.39 is 200 Å². The summed E-state index contributed by atoms with van der Waals surface area (Å²) in [5, 5.41) is 92.5. The van der Waals surface area contributed by atoms with Gasteiger partial charge in [-0.1, -0.05) is 74.0 Å². The van der Waals surface area contributed by atoms with E-state index >= 15 is 0 Å². The number of hydrogen-bond donors (Lipinski definition) is 8. The normalized spacial score (nSPS) is 46.5. The zero-order valence-electron chi connectivity index (χ0n) is 57.2. The molecule has 5 saturated heterocycles. The van der Waals surface area contributed by atoms with Crippen LogP contribution in [0.5, 0.6) is 0 Å². The van der Waals surface area contributed by atoms with Crippen LogP contribution in [0.1, 0.15) is 129 Å². The number of aliphatic hydroxyl groups is 8. The van der Waals surface area contributed by atoms with Crippen molar-refractivity contribution in [2.45, 2.75) is 283 Å². The first-order chi connectivity index (χ1) is 46.2. The lowest BCUT2D eigenvalue weighted by atomic mass is 9.42. The highest BCUT2D eigenvalue weighted by atomic mass is 16.8. The molecule has 5 aliphatic heterocycles. The number of esters is 2. The van der Waals surface area contributed by atoms with E-state index in [0.29, 0.717) is 25.7 Å². The molecule has 9 aliphatic rings. The van der Waals surface area contributed by atoms with Gasteiger partial charge in [-0.3, -0.25) is 0 Å². The third-order valence-corrected chi connectivity index (χ3v) is 23.2. The van der Waals surface area contributed by atoms with Crippen LogP contribution in [0.3, 0.4) is 0 Å². The molecule has 0 bridgehead atoms. The standard InChI is InChI=1S/C71H102O26/c1-36-59(94-53-32-46(83-9)60(37(2)87-53)95-54-33-47(84-10)61(38(3)88-54)96-66-58(77)63(85-11)62(39(4)89-66)97-65-57(76)56(75)55(74)48(35-72)92-65)45(82-8)31-52(86-36)91-44-25-26-67(6)43(30-44)24-27-70(80)49(67)34-50(93-51(73)23-22-41-18-14-12-15-19-41)68(7)69(79,28-29-71(68,70)81)40(5)90-64(78)42-20-16-13-17-21-42/h12-24,36-40,44-50,52-63,65-66,72,74-77,79-81H,25-35H2,1-11H3/b23-22+/t36-,37-,38-,39-,40?,44+,45+,46-,47-,48-,49-,50?,52+,53+,54+,55-,56+,57-,58-,59-,60-,61-,62-,63+,65+,66+,67+,68-,69+,70+,71-/m1/s1.